The summed E-state index contributed by atoms with van der Waals surface area (Å²) in [5.41, 5.74) is 0. The van der Waals surface area contributed by atoms with Gasteiger partial charge in [0.1, 0.15) is 0 Å². The summed E-state index contributed by atoms with van der Waals surface area (Å²) < 4.78 is 1.01. The van der Waals surface area contributed by atoms with Crippen molar-refractivity contribution in [1.82, 2.24) is 5.32 Å². The maximum atomic E-state index is 11.9. The summed E-state index contributed by atoms with van der Waals surface area (Å²) in [6, 6.07) is 7.81. The standard InChI is InChI=1S/C15H18BrNO3S/c16-11-4-6-13(7-5-11)21-9-14(18)17-12-3-1-2-10(8-12)15(19)20/h4-7,10,12H,1-3,8-9H2,(H,17,18)(H,19,20). The maximum absolute atomic E-state index is 11.9. The summed E-state index contributed by atoms with van der Waals surface area (Å²) in [7, 11) is 0. The maximum Gasteiger partial charge on any atom is 0.306 e. The zero-order chi connectivity index (χ0) is 15.2. The van der Waals surface area contributed by atoms with E-state index in [0.717, 1.165) is 28.6 Å². The highest BCUT2D eigenvalue weighted by Gasteiger charge is 2.27. The SMILES string of the molecule is O=C(CSc1ccc(Br)cc1)NC1CCCC(C(=O)O)C1. The van der Waals surface area contributed by atoms with Gasteiger partial charge in [0, 0.05) is 15.4 Å². The van der Waals surface area contributed by atoms with E-state index in [1.165, 1.54) is 11.8 Å². The summed E-state index contributed by atoms with van der Waals surface area (Å²) in [5.74, 6) is -0.740. The monoisotopic (exact) mass is 371 g/mol. The van der Waals surface area contributed by atoms with Crippen molar-refractivity contribution in [1.29, 1.82) is 0 Å². The Morgan fingerprint density at radius 3 is 2.67 bits per heavy atom. The number of hydrogen-bond acceptors (Lipinski definition) is 3. The Labute approximate surface area is 136 Å². The van der Waals surface area contributed by atoms with E-state index >= 15 is 0 Å². The Morgan fingerprint density at radius 2 is 2.00 bits per heavy atom. The molecule has 4 nitrogen and oxygen atoms in total. The van der Waals surface area contributed by atoms with Crippen molar-refractivity contribution in [2.45, 2.75) is 36.6 Å². The minimum absolute atomic E-state index is 0.00197. The minimum atomic E-state index is -0.752. The lowest BCUT2D eigenvalue weighted by atomic mass is 9.86. The van der Waals surface area contributed by atoms with Crippen molar-refractivity contribution in [3.05, 3.63) is 28.7 Å². The van der Waals surface area contributed by atoms with Crippen molar-refractivity contribution in [2.75, 3.05) is 5.75 Å². The van der Waals surface area contributed by atoms with Gasteiger partial charge in [-0.05, 0) is 43.5 Å². The topological polar surface area (TPSA) is 66.4 Å². The predicted octanol–water partition coefficient (Wildman–Crippen LogP) is 3.30. The van der Waals surface area contributed by atoms with E-state index < -0.39 is 5.97 Å². The lowest BCUT2D eigenvalue weighted by molar-refractivity contribution is -0.143. The highest BCUT2D eigenvalue weighted by Crippen LogP contribution is 2.25. The number of aliphatic carboxylic acids is 1. The van der Waals surface area contributed by atoms with Crippen molar-refractivity contribution >= 4 is 39.6 Å². The van der Waals surface area contributed by atoms with Crippen LogP contribution in [0.1, 0.15) is 25.7 Å². The third-order valence-electron chi connectivity index (χ3n) is 3.57. The highest BCUT2D eigenvalue weighted by atomic mass is 79.9. The van der Waals surface area contributed by atoms with Crippen molar-refractivity contribution < 1.29 is 14.7 Å². The number of hydrogen-bond donors (Lipinski definition) is 2. The number of carboxylic acid groups (broad SMARTS) is 1. The number of amides is 1. The molecule has 2 N–H and O–H groups in total. The van der Waals surface area contributed by atoms with E-state index in [1.807, 2.05) is 24.3 Å². The Morgan fingerprint density at radius 1 is 1.29 bits per heavy atom. The molecule has 6 heteroatoms. The molecule has 1 amide bonds. The summed E-state index contributed by atoms with van der Waals surface area (Å²) in [4.78, 5) is 24.0. The first-order valence-electron chi connectivity index (χ1n) is 6.95. The molecule has 0 heterocycles. The van der Waals surface area contributed by atoms with Gasteiger partial charge < -0.3 is 10.4 Å². The number of halogens is 1. The second kappa shape index (κ2) is 7.84. The molecule has 0 aliphatic heterocycles. The van der Waals surface area contributed by atoms with E-state index in [1.54, 1.807) is 0 Å². The summed E-state index contributed by atoms with van der Waals surface area (Å²) in [6.07, 6.45) is 3.00. The molecule has 1 aromatic rings. The Bertz CT molecular complexity index is 506. The number of rotatable bonds is 5. The van der Waals surface area contributed by atoms with Gasteiger partial charge in [-0.2, -0.15) is 0 Å². The number of carboxylic acids is 1. The van der Waals surface area contributed by atoms with Gasteiger partial charge in [-0.3, -0.25) is 9.59 Å². The van der Waals surface area contributed by atoms with Gasteiger partial charge in [0.15, 0.2) is 0 Å². The van der Waals surface area contributed by atoms with Gasteiger partial charge in [-0.1, -0.05) is 22.4 Å². The second-order valence-corrected chi connectivity index (χ2v) is 7.17. The first-order chi connectivity index (χ1) is 10.0. The summed E-state index contributed by atoms with van der Waals surface area (Å²) in [6.45, 7) is 0. The van der Waals surface area contributed by atoms with E-state index in [9.17, 15) is 9.59 Å². The number of nitrogens with one attached hydrogen (secondary N) is 1. The first kappa shape index (κ1) is 16.4. The molecule has 0 bridgehead atoms. The number of carbonyl (C=O) groups excluding carboxylic acids is 1. The average Bonchev–Trinajstić information content (AvgIpc) is 2.47. The van der Waals surface area contributed by atoms with Crippen molar-refractivity contribution in [3.8, 4) is 0 Å². The molecule has 1 aromatic carbocycles. The smallest absolute Gasteiger partial charge is 0.306 e. The van der Waals surface area contributed by atoms with Gasteiger partial charge in [-0.15, -0.1) is 11.8 Å². The minimum Gasteiger partial charge on any atom is -0.481 e. The molecule has 1 fully saturated rings. The fourth-order valence-electron chi connectivity index (χ4n) is 2.49. The molecule has 0 aromatic heterocycles. The molecular formula is C15H18BrNO3S. The molecule has 2 rings (SSSR count). The van der Waals surface area contributed by atoms with E-state index in [-0.39, 0.29) is 17.9 Å². The molecule has 0 spiro atoms. The third kappa shape index (κ3) is 5.36. The van der Waals surface area contributed by atoms with Gasteiger partial charge in [0.2, 0.25) is 5.91 Å². The van der Waals surface area contributed by atoms with Crippen LogP contribution in [0.5, 0.6) is 0 Å². The molecule has 1 aliphatic carbocycles. The van der Waals surface area contributed by atoms with Crippen LogP contribution in [0.3, 0.4) is 0 Å². The van der Waals surface area contributed by atoms with Crippen LogP contribution in [0.15, 0.2) is 33.6 Å². The molecule has 2 unspecified atom stereocenters. The third-order valence-corrected chi connectivity index (χ3v) is 5.11. The molecule has 1 aliphatic rings. The van der Waals surface area contributed by atoms with Crippen LogP contribution < -0.4 is 5.32 Å². The normalized spacial score (nSPS) is 21.8. The highest BCUT2D eigenvalue weighted by molar-refractivity contribution is 9.10. The van der Waals surface area contributed by atoms with Crippen LogP contribution >= 0.6 is 27.7 Å². The molecule has 2 atom stereocenters. The van der Waals surface area contributed by atoms with Crippen molar-refractivity contribution in [2.24, 2.45) is 5.92 Å². The van der Waals surface area contributed by atoms with Gasteiger partial charge in [0.05, 0.1) is 11.7 Å². The summed E-state index contributed by atoms with van der Waals surface area (Å²) >= 11 is 4.86. The average molecular weight is 372 g/mol. The Balaban J connectivity index is 1.76. The molecule has 0 radical (unpaired) electrons. The van der Waals surface area contributed by atoms with E-state index in [2.05, 4.69) is 21.2 Å². The zero-order valence-electron chi connectivity index (χ0n) is 11.5. The van der Waals surface area contributed by atoms with Crippen LogP contribution in [0, 0.1) is 5.92 Å². The largest absolute Gasteiger partial charge is 0.481 e. The van der Waals surface area contributed by atoms with E-state index in [0.29, 0.717) is 12.2 Å². The molecular weight excluding hydrogens is 354 g/mol. The predicted molar refractivity (Wildman–Crippen MR) is 86.4 cm³/mol. The molecule has 0 saturated heterocycles. The number of thioether (sulfide) groups is 1. The second-order valence-electron chi connectivity index (χ2n) is 5.21. The zero-order valence-corrected chi connectivity index (χ0v) is 14.0. The van der Waals surface area contributed by atoms with Gasteiger partial charge >= 0.3 is 5.97 Å². The van der Waals surface area contributed by atoms with Gasteiger partial charge in [-0.25, -0.2) is 0 Å². The fraction of sp³-hybridized carbons (Fsp3) is 0.467. The van der Waals surface area contributed by atoms with Crippen LogP contribution in [0.2, 0.25) is 0 Å². The molecule has 21 heavy (non-hydrogen) atoms. The van der Waals surface area contributed by atoms with Crippen molar-refractivity contribution in [3.63, 3.8) is 0 Å². The summed E-state index contributed by atoms with van der Waals surface area (Å²) in [5, 5.41) is 12.0. The lowest BCUT2D eigenvalue weighted by Gasteiger charge is -2.27. The molecule has 1 saturated carbocycles. The Hall–Kier alpha value is -1.01. The van der Waals surface area contributed by atoms with Crippen LogP contribution in [0.4, 0.5) is 0 Å². The first-order valence-corrected chi connectivity index (χ1v) is 8.73. The van der Waals surface area contributed by atoms with Gasteiger partial charge in [0.25, 0.3) is 0 Å². The fourth-order valence-corrected chi connectivity index (χ4v) is 3.47. The van der Waals surface area contributed by atoms with Crippen LogP contribution in [0.25, 0.3) is 0 Å². The van der Waals surface area contributed by atoms with Crippen LogP contribution in [-0.2, 0) is 9.59 Å². The van der Waals surface area contributed by atoms with Crippen LogP contribution in [-0.4, -0.2) is 28.8 Å². The lowest BCUT2D eigenvalue weighted by Crippen LogP contribution is -2.40. The molecule has 114 valence electrons. The number of carbonyl (C=O) groups is 2. The quantitative estimate of drug-likeness (QED) is 0.779. The Kier molecular flexibility index (Phi) is 6.11. The number of benzene rings is 1. The van der Waals surface area contributed by atoms with E-state index in [4.69, 9.17) is 5.11 Å².